The van der Waals surface area contributed by atoms with Crippen LogP contribution in [0.4, 0.5) is 10.2 Å². The van der Waals surface area contributed by atoms with E-state index >= 15 is 0 Å². The Hall–Kier alpha value is -1.24. The highest BCUT2D eigenvalue weighted by atomic mass is 19.1. The first-order chi connectivity index (χ1) is 10.1. The molecule has 1 aromatic rings. The van der Waals surface area contributed by atoms with Gasteiger partial charge in [0.05, 0.1) is 32.1 Å². The largest absolute Gasteiger partial charge is 0.392 e. The molecule has 0 aliphatic carbocycles. The first kappa shape index (κ1) is 14.7. The lowest BCUT2D eigenvalue weighted by atomic mass is 9.93. The molecule has 0 saturated carbocycles. The van der Waals surface area contributed by atoms with Gasteiger partial charge in [0.15, 0.2) is 0 Å². The minimum Gasteiger partial charge on any atom is -0.392 e. The fourth-order valence-corrected chi connectivity index (χ4v) is 3.20. The van der Waals surface area contributed by atoms with E-state index in [0.29, 0.717) is 25.5 Å². The van der Waals surface area contributed by atoms with E-state index in [9.17, 15) is 9.50 Å². The van der Waals surface area contributed by atoms with E-state index < -0.39 is 5.82 Å². The molecule has 2 unspecified atom stereocenters. The number of pyridine rings is 1. The zero-order valence-electron chi connectivity index (χ0n) is 12.2. The molecule has 6 heteroatoms. The van der Waals surface area contributed by atoms with Crippen LogP contribution in [-0.2, 0) is 16.1 Å². The predicted molar refractivity (Wildman–Crippen MR) is 75.7 cm³/mol. The van der Waals surface area contributed by atoms with Crippen molar-refractivity contribution >= 4 is 5.82 Å². The minimum absolute atomic E-state index is 0.0601. The van der Waals surface area contributed by atoms with Crippen molar-refractivity contribution in [3.63, 3.8) is 0 Å². The van der Waals surface area contributed by atoms with Crippen LogP contribution in [0.5, 0.6) is 0 Å². The lowest BCUT2D eigenvalue weighted by molar-refractivity contribution is -0.160. The molecule has 0 aromatic carbocycles. The molecule has 21 heavy (non-hydrogen) atoms. The van der Waals surface area contributed by atoms with Gasteiger partial charge in [-0.15, -0.1) is 0 Å². The van der Waals surface area contributed by atoms with Crippen LogP contribution in [0, 0.1) is 5.82 Å². The topological polar surface area (TPSA) is 54.8 Å². The van der Waals surface area contributed by atoms with Crippen molar-refractivity contribution in [2.24, 2.45) is 0 Å². The van der Waals surface area contributed by atoms with Gasteiger partial charge in [0, 0.05) is 18.7 Å². The van der Waals surface area contributed by atoms with Crippen LogP contribution in [0.3, 0.4) is 0 Å². The number of hydrogen-bond donors (Lipinski definition) is 1. The Bertz CT molecular complexity index is 506. The van der Waals surface area contributed by atoms with Gasteiger partial charge in [0.2, 0.25) is 0 Å². The van der Waals surface area contributed by atoms with Gasteiger partial charge in [-0.3, -0.25) is 0 Å². The summed E-state index contributed by atoms with van der Waals surface area (Å²) in [5.74, 6) is 0.207. The van der Waals surface area contributed by atoms with Crippen molar-refractivity contribution in [3.8, 4) is 0 Å². The van der Waals surface area contributed by atoms with Gasteiger partial charge in [-0.1, -0.05) is 0 Å². The Morgan fingerprint density at radius 3 is 3.14 bits per heavy atom. The van der Waals surface area contributed by atoms with Crippen LogP contribution in [0.25, 0.3) is 0 Å². The third kappa shape index (κ3) is 3.02. The predicted octanol–water partition coefficient (Wildman–Crippen LogP) is 1.49. The van der Waals surface area contributed by atoms with E-state index in [0.717, 1.165) is 19.4 Å². The summed E-state index contributed by atoms with van der Waals surface area (Å²) in [4.78, 5) is 6.27. The van der Waals surface area contributed by atoms with Gasteiger partial charge in [-0.2, -0.15) is 0 Å². The summed E-state index contributed by atoms with van der Waals surface area (Å²) in [6.07, 6.45) is 3.18. The molecule has 1 aromatic heterocycles. The Morgan fingerprint density at radius 2 is 2.43 bits per heavy atom. The maximum Gasteiger partial charge on any atom is 0.147 e. The number of halogens is 1. The van der Waals surface area contributed by atoms with Crippen molar-refractivity contribution in [3.05, 3.63) is 23.6 Å². The zero-order chi connectivity index (χ0) is 14.9. The lowest BCUT2D eigenvalue weighted by Gasteiger charge is -2.47. The number of hydrogen-bond acceptors (Lipinski definition) is 5. The first-order valence-electron chi connectivity index (χ1n) is 7.38. The van der Waals surface area contributed by atoms with Gasteiger partial charge in [0.25, 0.3) is 0 Å². The first-order valence-corrected chi connectivity index (χ1v) is 7.38. The van der Waals surface area contributed by atoms with Gasteiger partial charge >= 0.3 is 0 Å². The highest BCUT2D eigenvalue weighted by Gasteiger charge is 2.41. The molecule has 2 saturated heterocycles. The Balaban J connectivity index is 1.84. The molecule has 2 atom stereocenters. The SMILES string of the molecule is CC1CN(c2cc(CO)c(F)cn2)CC2(CCCOC2)O1. The number of ether oxygens (including phenoxy) is 2. The Labute approximate surface area is 123 Å². The number of aliphatic hydroxyl groups excluding tert-OH is 1. The van der Waals surface area contributed by atoms with E-state index in [1.807, 2.05) is 6.92 Å². The summed E-state index contributed by atoms with van der Waals surface area (Å²) in [5, 5.41) is 9.20. The normalized spacial score (nSPS) is 29.9. The average molecular weight is 296 g/mol. The van der Waals surface area contributed by atoms with Crippen molar-refractivity contribution in [1.29, 1.82) is 0 Å². The molecule has 116 valence electrons. The maximum absolute atomic E-state index is 13.5. The zero-order valence-corrected chi connectivity index (χ0v) is 12.2. The Morgan fingerprint density at radius 1 is 1.57 bits per heavy atom. The monoisotopic (exact) mass is 296 g/mol. The number of rotatable bonds is 2. The fraction of sp³-hybridized carbons (Fsp3) is 0.667. The molecule has 2 aliphatic rings. The van der Waals surface area contributed by atoms with Gasteiger partial charge < -0.3 is 19.5 Å². The third-order valence-corrected chi connectivity index (χ3v) is 4.11. The quantitative estimate of drug-likeness (QED) is 0.896. The second-order valence-electron chi connectivity index (χ2n) is 5.94. The van der Waals surface area contributed by atoms with Crippen molar-refractivity contribution in [2.45, 2.75) is 38.1 Å². The summed E-state index contributed by atoms with van der Waals surface area (Å²) >= 11 is 0. The molecule has 0 bridgehead atoms. The highest BCUT2D eigenvalue weighted by molar-refractivity contribution is 5.42. The van der Waals surface area contributed by atoms with Crippen LogP contribution in [0.1, 0.15) is 25.3 Å². The number of nitrogens with zero attached hydrogens (tertiary/aromatic N) is 2. The van der Waals surface area contributed by atoms with Crippen LogP contribution in [0.15, 0.2) is 12.3 Å². The Kier molecular flexibility index (Phi) is 4.10. The van der Waals surface area contributed by atoms with Crippen molar-refractivity contribution in [2.75, 3.05) is 31.2 Å². The van der Waals surface area contributed by atoms with Crippen LogP contribution < -0.4 is 4.90 Å². The smallest absolute Gasteiger partial charge is 0.147 e. The van der Waals surface area contributed by atoms with E-state index in [4.69, 9.17) is 9.47 Å². The molecule has 5 nitrogen and oxygen atoms in total. The van der Waals surface area contributed by atoms with Crippen LogP contribution in [-0.4, -0.2) is 48.1 Å². The summed E-state index contributed by atoms with van der Waals surface area (Å²) in [6, 6.07) is 1.62. The summed E-state index contributed by atoms with van der Waals surface area (Å²) < 4.78 is 25.2. The molecule has 2 aliphatic heterocycles. The van der Waals surface area contributed by atoms with E-state index in [1.165, 1.54) is 6.20 Å². The van der Waals surface area contributed by atoms with Crippen LogP contribution in [0.2, 0.25) is 0 Å². The van der Waals surface area contributed by atoms with Gasteiger partial charge in [0.1, 0.15) is 17.2 Å². The molecule has 0 radical (unpaired) electrons. The second kappa shape index (κ2) is 5.87. The standard InChI is InChI=1S/C15H21FN2O3/c1-11-7-18(9-15(21-11)3-2-4-20-10-15)14-5-12(8-19)13(16)6-17-14/h5-6,11,19H,2-4,7-10H2,1H3. The lowest BCUT2D eigenvalue weighted by Crippen LogP contribution is -2.58. The van der Waals surface area contributed by atoms with Crippen molar-refractivity contribution in [1.82, 2.24) is 4.98 Å². The third-order valence-electron chi connectivity index (χ3n) is 4.11. The maximum atomic E-state index is 13.5. The molecule has 0 amide bonds. The van der Waals surface area contributed by atoms with Gasteiger partial charge in [-0.05, 0) is 25.8 Å². The molecule has 3 heterocycles. The molecule has 1 spiro atoms. The number of aromatic nitrogens is 1. The summed E-state index contributed by atoms with van der Waals surface area (Å²) in [5.41, 5.74) is -0.0289. The summed E-state index contributed by atoms with van der Waals surface area (Å²) in [7, 11) is 0. The van der Waals surface area contributed by atoms with E-state index in [2.05, 4.69) is 9.88 Å². The minimum atomic E-state index is -0.474. The number of morpholine rings is 1. The summed E-state index contributed by atoms with van der Waals surface area (Å²) in [6.45, 7) is 4.45. The molecule has 1 N–H and O–H groups in total. The van der Waals surface area contributed by atoms with E-state index in [-0.39, 0.29) is 23.9 Å². The van der Waals surface area contributed by atoms with Gasteiger partial charge in [-0.25, -0.2) is 9.37 Å². The molecular weight excluding hydrogens is 275 g/mol. The molecule has 2 fully saturated rings. The molecule has 3 rings (SSSR count). The molecular formula is C15H21FN2O3. The average Bonchev–Trinajstić information content (AvgIpc) is 2.47. The second-order valence-corrected chi connectivity index (χ2v) is 5.94. The van der Waals surface area contributed by atoms with E-state index in [1.54, 1.807) is 6.07 Å². The van der Waals surface area contributed by atoms with Crippen LogP contribution >= 0.6 is 0 Å². The number of aliphatic hydroxyl groups is 1. The van der Waals surface area contributed by atoms with Crippen molar-refractivity contribution < 1.29 is 19.0 Å². The number of anilines is 1. The highest BCUT2D eigenvalue weighted by Crippen LogP contribution is 2.32. The fourth-order valence-electron chi connectivity index (χ4n) is 3.20.